The van der Waals surface area contributed by atoms with Crippen LogP contribution >= 0.6 is 0 Å². The van der Waals surface area contributed by atoms with Crippen molar-refractivity contribution >= 4 is 10.0 Å². The number of benzene rings is 1. The van der Waals surface area contributed by atoms with Crippen LogP contribution in [0.15, 0.2) is 52.0 Å². The fraction of sp³-hybridized carbons (Fsp3) is 0.412. The summed E-state index contributed by atoms with van der Waals surface area (Å²) in [5, 5.41) is 0. The second-order valence-electron chi connectivity index (χ2n) is 6.15. The number of rotatable bonds is 7. The highest BCUT2D eigenvalue weighted by Gasteiger charge is 2.32. The number of nitrogens with zero attached hydrogens (tertiary/aromatic N) is 1. The molecule has 0 unspecified atom stereocenters. The molecule has 0 amide bonds. The highest BCUT2D eigenvalue weighted by molar-refractivity contribution is 7.89. The first kappa shape index (κ1) is 19.7. The largest absolute Gasteiger partial charge is 0.573 e. The van der Waals surface area contributed by atoms with E-state index in [4.69, 9.17) is 4.42 Å². The van der Waals surface area contributed by atoms with Crippen LogP contribution in [0, 0.1) is 0 Å². The zero-order valence-corrected chi connectivity index (χ0v) is 15.1. The van der Waals surface area contributed by atoms with Gasteiger partial charge in [-0.3, -0.25) is 4.90 Å². The summed E-state index contributed by atoms with van der Waals surface area (Å²) >= 11 is 0. The van der Waals surface area contributed by atoms with Gasteiger partial charge in [-0.2, -0.15) is 0 Å². The standard InChI is InChI=1S/C17H19F3N2O4S/c18-17(19,20)26-13-5-3-6-14(11-13)27(23,24)21-12-15(16-7-4-10-25-16)22-8-1-2-9-22/h3-7,10-11,15,21H,1-2,8-9,12H2/t15-/m1/s1. The van der Waals surface area contributed by atoms with Crippen molar-refractivity contribution in [2.24, 2.45) is 0 Å². The molecule has 0 saturated carbocycles. The third-order valence-electron chi connectivity index (χ3n) is 4.27. The van der Waals surface area contributed by atoms with Crippen LogP contribution in [0.2, 0.25) is 0 Å². The lowest BCUT2D eigenvalue weighted by Crippen LogP contribution is -2.36. The lowest BCUT2D eigenvalue weighted by atomic mass is 10.2. The molecule has 1 aliphatic heterocycles. The lowest BCUT2D eigenvalue weighted by Gasteiger charge is -2.26. The average Bonchev–Trinajstić information content (AvgIpc) is 3.27. The van der Waals surface area contributed by atoms with Gasteiger partial charge in [0, 0.05) is 12.6 Å². The number of nitrogens with one attached hydrogen (secondary N) is 1. The first-order chi connectivity index (χ1) is 12.7. The molecule has 1 aromatic heterocycles. The molecule has 1 saturated heterocycles. The quantitative estimate of drug-likeness (QED) is 0.767. The molecule has 6 nitrogen and oxygen atoms in total. The van der Waals surface area contributed by atoms with E-state index in [1.807, 2.05) is 0 Å². The summed E-state index contributed by atoms with van der Waals surface area (Å²) in [4.78, 5) is 1.81. The minimum atomic E-state index is -4.89. The molecule has 1 N–H and O–H groups in total. The zero-order chi connectivity index (χ0) is 19.5. The molecule has 0 spiro atoms. The van der Waals surface area contributed by atoms with Crippen molar-refractivity contribution in [2.45, 2.75) is 30.1 Å². The first-order valence-corrected chi connectivity index (χ1v) is 9.86. The molecule has 1 aromatic carbocycles. The molecule has 0 aliphatic carbocycles. The van der Waals surface area contributed by atoms with Crippen LogP contribution in [0.5, 0.6) is 5.75 Å². The fourth-order valence-corrected chi connectivity index (χ4v) is 4.13. The van der Waals surface area contributed by atoms with Crippen LogP contribution in [0.3, 0.4) is 0 Å². The highest BCUT2D eigenvalue weighted by atomic mass is 32.2. The van der Waals surface area contributed by atoms with Gasteiger partial charge in [0.05, 0.1) is 17.2 Å². The van der Waals surface area contributed by atoms with Crippen molar-refractivity contribution < 1.29 is 30.7 Å². The van der Waals surface area contributed by atoms with Gasteiger partial charge in [-0.05, 0) is 50.2 Å². The van der Waals surface area contributed by atoms with Gasteiger partial charge in [0.15, 0.2) is 0 Å². The van der Waals surface area contributed by atoms with Gasteiger partial charge in [-0.1, -0.05) is 6.07 Å². The number of alkyl halides is 3. The third-order valence-corrected chi connectivity index (χ3v) is 5.69. The number of sulfonamides is 1. The molecule has 0 bridgehead atoms. The topological polar surface area (TPSA) is 71.8 Å². The van der Waals surface area contributed by atoms with E-state index in [2.05, 4.69) is 14.4 Å². The van der Waals surface area contributed by atoms with E-state index in [9.17, 15) is 21.6 Å². The Labute approximate surface area is 155 Å². The second kappa shape index (κ2) is 7.91. The summed E-state index contributed by atoms with van der Waals surface area (Å²) in [7, 11) is -4.02. The summed E-state index contributed by atoms with van der Waals surface area (Å²) < 4.78 is 73.8. The lowest BCUT2D eigenvalue weighted by molar-refractivity contribution is -0.274. The molecule has 10 heteroatoms. The summed E-state index contributed by atoms with van der Waals surface area (Å²) in [5.41, 5.74) is 0. The second-order valence-corrected chi connectivity index (χ2v) is 7.92. The van der Waals surface area contributed by atoms with Gasteiger partial charge in [0.2, 0.25) is 10.0 Å². The predicted octanol–water partition coefficient (Wildman–Crippen LogP) is 3.29. The third kappa shape index (κ3) is 5.24. The highest BCUT2D eigenvalue weighted by Crippen LogP contribution is 2.27. The first-order valence-electron chi connectivity index (χ1n) is 8.37. The van der Waals surface area contributed by atoms with E-state index < -0.39 is 22.1 Å². The molecule has 148 valence electrons. The fourth-order valence-electron chi connectivity index (χ4n) is 3.05. The molecule has 0 radical (unpaired) electrons. The van der Waals surface area contributed by atoms with Gasteiger partial charge < -0.3 is 9.15 Å². The Morgan fingerprint density at radius 2 is 1.93 bits per heavy atom. The monoisotopic (exact) mass is 404 g/mol. The van der Waals surface area contributed by atoms with Crippen molar-refractivity contribution in [2.75, 3.05) is 19.6 Å². The molecule has 27 heavy (non-hydrogen) atoms. The number of halogens is 3. The maximum absolute atomic E-state index is 12.5. The van der Waals surface area contributed by atoms with Crippen LogP contribution in [0.1, 0.15) is 24.6 Å². The molecule has 1 atom stereocenters. The smallest absolute Gasteiger partial charge is 0.468 e. The summed E-state index contributed by atoms with van der Waals surface area (Å²) in [6, 6.07) is 7.51. The van der Waals surface area contributed by atoms with E-state index >= 15 is 0 Å². The summed E-state index contributed by atoms with van der Waals surface area (Å²) in [6.45, 7) is 1.68. The van der Waals surface area contributed by atoms with Crippen molar-refractivity contribution in [1.29, 1.82) is 0 Å². The van der Waals surface area contributed by atoms with Crippen LogP contribution in [-0.4, -0.2) is 39.3 Å². The van der Waals surface area contributed by atoms with Gasteiger partial charge in [-0.25, -0.2) is 13.1 Å². The number of hydrogen-bond acceptors (Lipinski definition) is 5. The van der Waals surface area contributed by atoms with Crippen LogP contribution in [-0.2, 0) is 10.0 Å². The maximum atomic E-state index is 12.5. The van der Waals surface area contributed by atoms with Crippen molar-refractivity contribution in [1.82, 2.24) is 9.62 Å². The Balaban J connectivity index is 1.74. The number of likely N-dealkylation sites (tertiary alicyclic amines) is 1. The van der Waals surface area contributed by atoms with Crippen molar-refractivity contribution in [3.8, 4) is 5.75 Å². The van der Waals surface area contributed by atoms with Crippen molar-refractivity contribution in [3.63, 3.8) is 0 Å². The Kier molecular flexibility index (Phi) is 5.78. The molecule has 1 fully saturated rings. The normalized spacial score (nSPS) is 17.1. The number of ether oxygens (including phenoxy) is 1. The zero-order valence-electron chi connectivity index (χ0n) is 14.3. The average molecular weight is 404 g/mol. The number of hydrogen-bond donors (Lipinski definition) is 1. The molecule has 1 aliphatic rings. The van der Waals surface area contributed by atoms with Crippen LogP contribution in [0.4, 0.5) is 13.2 Å². The Morgan fingerprint density at radius 1 is 1.19 bits per heavy atom. The SMILES string of the molecule is O=S(=O)(NC[C@H](c1ccco1)N1CCCC1)c1cccc(OC(F)(F)F)c1. The minimum Gasteiger partial charge on any atom is -0.468 e. The van der Waals surface area contributed by atoms with E-state index in [0.29, 0.717) is 5.76 Å². The van der Waals surface area contributed by atoms with Crippen LogP contribution < -0.4 is 9.46 Å². The van der Waals surface area contributed by atoms with Crippen molar-refractivity contribution in [3.05, 3.63) is 48.4 Å². The Morgan fingerprint density at radius 3 is 2.56 bits per heavy atom. The van der Waals surface area contributed by atoms with E-state index in [0.717, 1.165) is 38.1 Å². The van der Waals surface area contributed by atoms with E-state index in [-0.39, 0.29) is 17.5 Å². The molecular formula is C17H19F3N2O4S. The van der Waals surface area contributed by atoms with E-state index in [1.54, 1.807) is 12.1 Å². The minimum absolute atomic E-state index is 0.0419. The van der Waals surface area contributed by atoms with Gasteiger partial charge in [-0.15, -0.1) is 13.2 Å². The van der Waals surface area contributed by atoms with Gasteiger partial charge >= 0.3 is 6.36 Å². The number of furan rings is 1. The molecule has 2 aromatic rings. The van der Waals surface area contributed by atoms with Gasteiger partial charge in [0.25, 0.3) is 0 Å². The van der Waals surface area contributed by atoms with Gasteiger partial charge in [0.1, 0.15) is 11.5 Å². The maximum Gasteiger partial charge on any atom is 0.573 e. The Bertz CT molecular complexity index is 847. The van der Waals surface area contributed by atoms with Crippen LogP contribution in [0.25, 0.3) is 0 Å². The molecule has 3 rings (SSSR count). The molecule has 2 heterocycles. The predicted molar refractivity (Wildman–Crippen MR) is 90.6 cm³/mol. The Hall–Kier alpha value is -2.04. The summed E-state index contributed by atoms with van der Waals surface area (Å²) in [6.07, 6.45) is -1.34. The summed E-state index contributed by atoms with van der Waals surface area (Å²) in [5.74, 6) is 0.0428. The molecular weight excluding hydrogens is 385 g/mol. The van der Waals surface area contributed by atoms with E-state index in [1.165, 1.54) is 18.4 Å².